The van der Waals surface area contributed by atoms with Gasteiger partial charge in [-0.1, -0.05) is 23.7 Å². The molecule has 0 saturated heterocycles. The summed E-state index contributed by atoms with van der Waals surface area (Å²) in [6.45, 7) is 0.810. The first-order valence-electron chi connectivity index (χ1n) is 6.29. The van der Waals surface area contributed by atoms with Crippen LogP contribution in [0.3, 0.4) is 0 Å². The number of imidazole rings is 1. The molecule has 0 aliphatic carbocycles. The SMILES string of the molecule is Nc1nc2cc(I)ccc2n1CCc1ccc(Cl)cc1. The summed E-state index contributed by atoms with van der Waals surface area (Å²) < 4.78 is 3.22. The van der Waals surface area contributed by atoms with Crippen LogP contribution in [0.4, 0.5) is 5.95 Å². The van der Waals surface area contributed by atoms with E-state index in [1.807, 2.05) is 30.3 Å². The fourth-order valence-corrected chi connectivity index (χ4v) is 2.85. The molecule has 0 unspecified atom stereocenters. The molecule has 20 heavy (non-hydrogen) atoms. The van der Waals surface area contributed by atoms with Crippen LogP contribution in [0.5, 0.6) is 0 Å². The Bertz CT molecular complexity index is 750. The zero-order chi connectivity index (χ0) is 14.1. The predicted molar refractivity (Wildman–Crippen MR) is 92.0 cm³/mol. The number of nitrogen functional groups attached to an aromatic ring is 1. The van der Waals surface area contributed by atoms with Gasteiger partial charge in [-0.05, 0) is 64.9 Å². The van der Waals surface area contributed by atoms with E-state index in [1.165, 1.54) is 5.56 Å². The highest BCUT2D eigenvalue weighted by Gasteiger charge is 2.08. The number of hydrogen-bond donors (Lipinski definition) is 1. The monoisotopic (exact) mass is 397 g/mol. The molecule has 3 nitrogen and oxygen atoms in total. The van der Waals surface area contributed by atoms with Gasteiger partial charge in [0.15, 0.2) is 0 Å². The minimum absolute atomic E-state index is 0.566. The van der Waals surface area contributed by atoms with Crippen molar-refractivity contribution in [3.8, 4) is 0 Å². The summed E-state index contributed by atoms with van der Waals surface area (Å²) >= 11 is 8.17. The van der Waals surface area contributed by atoms with Crippen molar-refractivity contribution >= 4 is 51.2 Å². The number of aromatic nitrogens is 2. The quantitative estimate of drug-likeness (QED) is 0.676. The number of halogens is 2. The third-order valence-electron chi connectivity index (χ3n) is 3.28. The fraction of sp³-hybridized carbons (Fsp3) is 0.133. The molecule has 0 bridgehead atoms. The van der Waals surface area contributed by atoms with Gasteiger partial charge in [0.2, 0.25) is 5.95 Å². The lowest BCUT2D eigenvalue weighted by molar-refractivity contribution is 0.726. The van der Waals surface area contributed by atoms with Gasteiger partial charge in [-0.15, -0.1) is 0 Å². The Labute approximate surface area is 135 Å². The van der Waals surface area contributed by atoms with Gasteiger partial charge in [0, 0.05) is 15.1 Å². The highest BCUT2D eigenvalue weighted by atomic mass is 127. The molecule has 0 atom stereocenters. The van der Waals surface area contributed by atoms with Crippen molar-refractivity contribution < 1.29 is 0 Å². The minimum atomic E-state index is 0.566. The first kappa shape index (κ1) is 13.7. The number of nitrogens with zero attached hydrogens (tertiary/aromatic N) is 2. The van der Waals surface area contributed by atoms with Crippen molar-refractivity contribution in [1.82, 2.24) is 9.55 Å². The Morgan fingerprint density at radius 3 is 2.65 bits per heavy atom. The third kappa shape index (κ3) is 2.76. The highest BCUT2D eigenvalue weighted by Crippen LogP contribution is 2.21. The first-order chi connectivity index (χ1) is 9.63. The maximum Gasteiger partial charge on any atom is 0.201 e. The van der Waals surface area contributed by atoms with Crippen LogP contribution in [0.15, 0.2) is 42.5 Å². The average Bonchev–Trinajstić information content (AvgIpc) is 2.73. The molecular weight excluding hydrogens is 385 g/mol. The Morgan fingerprint density at radius 2 is 1.90 bits per heavy atom. The molecule has 0 amide bonds. The van der Waals surface area contributed by atoms with E-state index < -0.39 is 0 Å². The van der Waals surface area contributed by atoms with Gasteiger partial charge < -0.3 is 10.3 Å². The van der Waals surface area contributed by atoms with E-state index in [0.29, 0.717) is 5.95 Å². The van der Waals surface area contributed by atoms with E-state index in [4.69, 9.17) is 17.3 Å². The molecule has 2 aromatic carbocycles. The summed E-state index contributed by atoms with van der Waals surface area (Å²) in [4.78, 5) is 4.42. The van der Waals surface area contributed by atoms with Crippen LogP contribution in [-0.2, 0) is 13.0 Å². The second-order valence-electron chi connectivity index (χ2n) is 4.63. The predicted octanol–water partition coefficient (Wildman–Crippen LogP) is 4.12. The number of rotatable bonds is 3. The average molecular weight is 398 g/mol. The van der Waals surface area contributed by atoms with Gasteiger partial charge >= 0.3 is 0 Å². The summed E-state index contributed by atoms with van der Waals surface area (Å²) in [5, 5.41) is 0.760. The molecule has 0 radical (unpaired) electrons. The van der Waals surface area contributed by atoms with Crippen LogP contribution < -0.4 is 5.73 Å². The number of aryl methyl sites for hydroxylation is 2. The van der Waals surface area contributed by atoms with Crippen molar-refractivity contribution in [2.24, 2.45) is 0 Å². The Hall–Kier alpha value is -1.27. The van der Waals surface area contributed by atoms with E-state index in [1.54, 1.807) is 0 Å². The lowest BCUT2D eigenvalue weighted by Crippen LogP contribution is -2.05. The van der Waals surface area contributed by atoms with Crippen LogP contribution in [0, 0.1) is 3.57 Å². The third-order valence-corrected chi connectivity index (χ3v) is 4.20. The zero-order valence-corrected chi connectivity index (χ0v) is 13.6. The minimum Gasteiger partial charge on any atom is -0.369 e. The molecule has 3 rings (SSSR count). The summed E-state index contributed by atoms with van der Waals surface area (Å²) in [7, 11) is 0. The molecule has 0 aliphatic heterocycles. The molecule has 102 valence electrons. The van der Waals surface area contributed by atoms with Crippen LogP contribution in [-0.4, -0.2) is 9.55 Å². The molecule has 1 aromatic heterocycles. The van der Waals surface area contributed by atoms with Crippen molar-refractivity contribution in [2.45, 2.75) is 13.0 Å². The maximum atomic E-state index is 6.02. The van der Waals surface area contributed by atoms with Gasteiger partial charge in [0.25, 0.3) is 0 Å². The number of hydrogen-bond acceptors (Lipinski definition) is 2. The topological polar surface area (TPSA) is 43.8 Å². The van der Waals surface area contributed by atoms with E-state index in [2.05, 4.69) is 44.3 Å². The normalized spacial score (nSPS) is 11.1. The smallest absolute Gasteiger partial charge is 0.201 e. The standard InChI is InChI=1S/C15H13ClIN3/c16-11-3-1-10(2-4-11)7-8-20-14-6-5-12(17)9-13(14)19-15(20)18/h1-6,9H,7-8H2,(H2,18,19). The van der Waals surface area contributed by atoms with Gasteiger partial charge in [0.1, 0.15) is 0 Å². The molecule has 1 heterocycles. The van der Waals surface area contributed by atoms with Crippen molar-refractivity contribution in [2.75, 3.05) is 5.73 Å². The Balaban J connectivity index is 1.87. The molecule has 0 fully saturated rings. The van der Waals surface area contributed by atoms with Crippen LogP contribution in [0.2, 0.25) is 5.02 Å². The molecule has 3 aromatic rings. The summed E-state index contributed by atoms with van der Waals surface area (Å²) in [5.74, 6) is 0.566. The molecule has 2 N–H and O–H groups in total. The molecule has 0 spiro atoms. The first-order valence-corrected chi connectivity index (χ1v) is 7.75. The van der Waals surface area contributed by atoms with Crippen LogP contribution in [0.1, 0.15) is 5.56 Å². The molecule has 0 aliphatic rings. The van der Waals surface area contributed by atoms with Gasteiger partial charge in [-0.2, -0.15) is 0 Å². The van der Waals surface area contributed by atoms with E-state index >= 15 is 0 Å². The fourth-order valence-electron chi connectivity index (χ4n) is 2.25. The van der Waals surface area contributed by atoms with E-state index in [0.717, 1.165) is 32.6 Å². The lowest BCUT2D eigenvalue weighted by Gasteiger charge is -2.07. The summed E-state index contributed by atoms with van der Waals surface area (Å²) in [6, 6.07) is 14.1. The van der Waals surface area contributed by atoms with Gasteiger partial charge in [-0.3, -0.25) is 0 Å². The largest absolute Gasteiger partial charge is 0.369 e. The second kappa shape index (κ2) is 5.61. The Morgan fingerprint density at radius 1 is 1.15 bits per heavy atom. The van der Waals surface area contributed by atoms with Gasteiger partial charge in [-0.25, -0.2) is 4.98 Å². The Kier molecular flexibility index (Phi) is 3.85. The number of fused-ring (bicyclic) bond motifs is 1. The molecular formula is C15H13ClIN3. The van der Waals surface area contributed by atoms with Gasteiger partial charge in [0.05, 0.1) is 11.0 Å². The second-order valence-corrected chi connectivity index (χ2v) is 6.31. The van der Waals surface area contributed by atoms with Crippen LogP contribution in [0.25, 0.3) is 11.0 Å². The van der Waals surface area contributed by atoms with Crippen LogP contribution >= 0.6 is 34.2 Å². The van der Waals surface area contributed by atoms with E-state index in [-0.39, 0.29) is 0 Å². The maximum absolute atomic E-state index is 6.02. The lowest BCUT2D eigenvalue weighted by atomic mass is 10.1. The number of nitrogens with two attached hydrogens (primary N) is 1. The number of benzene rings is 2. The zero-order valence-electron chi connectivity index (χ0n) is 10.7. The van der Waals surface area contributed by atoms with Crippen molar-refractivity contribution in [3.63, 3.8) is 0 Å². The molecule has 5 heteroatoms. The summed E-state index contributed by atoms with van der Waals surface area (Å²) in [5.41, 5.74) is 9.29. The van der Waals surface area contributed by atoms with Crippen molar-refractivity contribution in [1.29, 1.82) is 0 Å². The number of anilines is 1. The highest BCUT2D eigenvalue weighted by molar-refractivity contribution is 14.1. The molecule has 0 saturated carbocycles. The summed E-state index contributed by atoms with van der Waals surface area (Å²) in [6.07, 6.45) is 0.902. The van der Waals surface area contributed by atoms with E-state index in [9.17, 15) is 0 Å². The van der Waals surface area contributed by atoms with Crippen molar-refractivity contribution in [3.05, 3.63) is 56.6 Å².